The molecule has 0 unspecified atom stereocenters. The summed E-state index contributed by atoms with van der Waals surface area (Å²) in [7, 11) is 2.05. The third kappa shape index (κ3) is 6.06. The molecule has 0 aromatic heterocycles. The summed E-state index contributed by atoms with van der Waals surface area (Å²) >= 11 is 0. The van der Waals surface area contributed by atoms with Crippen LogP contribution >= 0.6 is 0 Å². The van der Waals surface area contributed by atoms with E-state index in [9.17, 15) is 4.79 Å². The van der Waals surface area contributed by atoms with Crippen molar-refractivity contribution in [3.8, 4) is 0 Å². The number of carboxylic acids is 1. The van der Waals surface area contributed by atoms with Crippen molar-refractivity contribution in [1.82, 2.24) is 10.2 Å². The maximum Gasteiger partial charge on any atom is 0.330 e. The van der Waals surface area contributed by atoms with Crippen LogP contribution in [0.15, 0.2) is 42.1 Å². The van der Waals surface area contributed by atoms with E-state index in [1.807, 2.05) is 25.2 Å². The lowest BCUT2D eigenvalue weighted by Crippen LogP contribution is -2.28. The lowest BCUT2D eigenvalue weighted by molar-refractivity contribution is -0.131. The van der Waals surface area contributed by atoms with Gasteiger partial charge in [-0.05, 0) is 19.5 Å². The first-order chi connectivity index (χ1) is 8.58. The molecule has 0 spiro atoms. The first kappa shape index (κ1) is 14.3. The van der Waals surface area contributed by atoms with Crippen LogP contribution < -0.4 is 5.32 Å². The number of allylic oxidation sites excluding steroid dienone is 1. The van der Waals surface area contributed by atoms with E-state index in [0.717, 1.165) is 19.6 Å². The second-order valence-corrected chi connectivity index (χ2v) is 4.32. The molecule has 18 heavy (non-hydrogen) atoms. The Morgan fingerprint density at radius 1 is 1.39 bits per heavy atom. The maximum absolute atomic E-state index is 10.4. The third-order valence-corrected chi connectivity index (χ3v) is 2.53. The fraction of sp³-hybridized carbons (Fsp3) is 0.357. The van der Waals surface area contributed by atoms with E-state index in [4.69, 9.17) is 5.11 Å². The van der Waals surface area contributed by atoms with Crippen LogP contribution in [0.2, 0.25) is 0 Å². The second-order valence-electron chi connectivity index (χ2n) is 4.32. The highest BCUT2D eigenvalue weighted by Crippen LogP contribution is 2.01. The monoisotopic (exact) mass is 248 g/mol. The number of hydrogen-bond acceptors (Lipinski definition) is 3. The molecule has 0 saturated carbocycles. The highest BCUT2D eigenvalue weighted by atomic mass is 16.4. The number of benzene rings is 1. The molecule has 0 bridgehead atoms. The predicted octanol–water partition coefficient (Wildman–Crippen LogP) is 1.70. The molecule has 0 aliphatic heterocycles. The van der Waals surface area contributed by atoms with E-state index in [1.54, 1.807) is 6.92 Å². The van der Waals surface area contributed by atoms with Crippen LogP contribution in [-0.4, -0.2) is 36.1 Å². The second kappa shape index (κ2) is 7.50. The number of hydrogen-bond donors (Lipinski definition) is 2. The minimum absolute atomic E-state index is 0.676. The van der Waals surface area contributed by atoms with E-state index in [-0.39, 0.29) is 0 Å². The summed E-state index contributed by atoms with van der Waals surface area (Å²) < 4.78 is 0. The molecule has 0 aliphatic carbocycles. The summed E-state index contributed by atoms with van der Waals surface area (Å²) in [4.78, 5) is 12.6. The minimum atomic E-state index is -0.919. The zero-order chi connectivity index (χ0) is 13.4. The van der Waals surface area contributed by atoms with Gasteiger partial charge in [-0.15, -0.1) is 0 Å². The molecule has 0 atom stereocenters. The van der Waals surface area contributed by atoms with Gasteiger partial charge in [0, 0.05) is 31.4 Å². The third-order valence-electron chi connectivity index (χ3n) is 2.53. The summed E-state index contributed by atoms with van der Waals surface area (Å²) in [5, 5.41) is 11.6. The largest absolute Gasteiger partial charge is 0.478 e. The molecule has 1 aromatic rings. The number of rotatable bonds is 7. The number of likely N-dealkylation sites (N-methyl/N-ethyl adjacent to an activating group) is 1. The van der Waals surface area contributed by atoms with Crippen molar-refractivity contribution < 1.29 is 9.90 Å². The molecule has 1 rings (SSSR count). The van der Waals surface area contributed by atoms with Crippen LogP contribution in [0.3, 0.4) is 0 Å². The lowest BCUT2D eigenvalue weighted by Gasteiger charge is -2.17. The van der Waals surface area contributed by atoms with E-state index >= 15 is 0 Å². The van der Waals surface area contributed by atoms with Crippen molar-refractivity contribution in [2.45, 2.75) is 13.5 Å². The van der Waals surface area contributed by atoms with E-state index in [2.05, 4.69) is 22.3 Å². The smallest absolute Gasteiger partial charge is 0.330 e. The zero-order valence-corrected chi connectivity index (χ0v) is 10.9. The van der Waals surface area contributed by atoms with Crippen LogP contribution in [0.25, 0.3) is 0 Å². The van der Waals surface area contributed by atoms with Crippen molar-refractivity contribution in [1.29, 1.82) is 0 Å². The van der Waals surface area contributed by atoms with Gasteiger partial charge in [0.2, 0.25) is 0 Å². The molecule has 0 heterocycles. The van der Waals surface area contributed by atoms with Gasteiger partial charge in [0.25, 0.3) is 0 Å². The topological polar surface area (TPSA) is 52.6 Å². The highest BCUT2D eigenvalue weighted by molar-refractivity contribution is 5.80. The molecule has 2 N–H and O–H groups in total. The average Bonchev–Trinajstić information content (AvgIpc) is 2.29. The molecule has 0 saturated heterocycles. The van der Waals surface area contributed by atoms with Crippen molar-refractivity contribution in [3.63, 3.8) is 0 Å². The van der Waals surface area contributed by atoms with E-state index in [1.165, 1.54) is 11.6 Å². The quantitative estimate of drug-likeness (QED) is 0.721. The number of carbonyl (C=O) groups is 1. The highest BCUT2D eigenvalue weighted by Gasteiger charge is 2.00. The molecular weight excluding hydrogens is 228 g/mol. The Balaban J connectivity index is 2.26. The number of carboxylic acid groups (broad SMARTS) is 1. The minimum Gasteiger partial charge on any atom is -0.478 e. The molecule has 98 valence electrons. The van der Waals surface area contributed by atoms with Crippen LogP contribution in [0.4, 0.5) is 0 Å². The van der Waals surface area contributed by atoms with Crippen LogP contribution in [-0.2, 0) is 11.3 Å². The van der Waals surface area contributed by atoms with Gasteiger partial charge in [-0.25, -0.2) is 4.79 Å². The van der Waals surface area contributed by atoms with Crippen molar-refractivity contribution in [3.05, 3.63) is 47.7 Å². The summed E-state index contributed by atoms with van der Waals surface area (Å²) in [5.41, 5.74) is 1.95. The Bertz CT molecular complexity index is 402. The van der Waals surface area contributed by atoms with Gasteiger partial charge in [0.15, 0.2) is 0 Å². The fourth-order valence-corrected chi connectivity index (χ4v) is 1.65. The first-order valence-electron chi connectivity index (χ1n) is 5.95. The average molecular weight is 248 g/mol. The SMILES string of the molecule is CC(=CC(=O)O)NCCN(C)Cc1ccccc1. The molecule has 4 nitrogen and oxygen atoms in total. The Morgan fingerprint density at radius 2 is 2.06 bits per heavy atom. The normalized spacial score (nSPS) is 11.6. The number of nitrogens with one attached hydrogen (secondary N) is 1. The van der Waals surface area contributed by atoms with Gasteiger partial charge in [-0.2, -0.15) is 0 Å². The number of nitrogens with zero attached hydrogens (tertiary/aromatic N) is 1. The maximum atomic E-state index is 10.4. The number of aliphatic carboxylic acids is 1. The van der Waals surface area contributed by atoms with Gasteiger partial charge in [-0.3, -0.25) is 0 Å². The van der Waals surface area contributed by atoms with Crippen molar-refractivity contribution in [2.75, 3.05) is 20.1 Å². The standard InChI is InChI=1S/C14H20N2O2/c1-12(10-14(17)18)15-8-9-16(2)11-13-6-4-3-5-7-13/h3-7,10,15H,8-9,11H2,1-2H3,(H,17,18). The Hall–Kier alpha value is -1.81. The Kier molecular flexibility index (Phi) is 5.94. The van der Waals surface area contributed by atoms with Crippen LogP contribution in [0.1, 0.15) is 12.5 Å². The molecule has 0 amide bonds. The molecule has 4 heteroatoms. The van der Waals surface area contributed by atoms with Gasteiger partial charge >= 0.3 is 5.97 Å². The molecule has 0 fully saturated rings. The lowest BCUT2D eigenvalue weighted by atomic mass is 10.2. The summed E-state index contributed by atoms with van der Waals surface area (Å²) in [6, 6.07) is 10.3. The molecular formula is C14H20N2O2. The van der Waals surface area contributed by atoms with Crippen LogP contribution in [0, 0.1) is 0 Å². The predicted molar refractivity (Wildman–Crippen MR) is 72.2 cm³/mol. The summed E-state index contributed by atoms with van der Waals surface area (Å²) in [6.07, 6.45) is 1.18. The van der Waals surface area contributed by atoms with Gasteiger partial charge in [0.05, 0.1) is 0 Å². The van der Waals surface area contributed by atoms with Crippen molar-refractivity contribution >= 4 is 5.97 Å². The Morgan fingerprint density at radius 3 is 2.67 bits per heavy atom. The first-order valence-corrected chi connectivity index (χ1v) is 5.95. The van der Waals surface area contributed by atoms with E-state index < -0.39 is 5.97 Å². The zero-order valence-electron chi connectivity index (χ0n) is 10.9. The van der Waals surface area contributed by atoms with Crippen molar-refractivity contribution in [2.24, 2.45) is 0 Å². The molecule has 1 aromatic carbocycles. The van der Waals surface area contributed by atoms with Crippen LogP contribution in [0.5, 0.6) is 0 Å². The Labute approximate surface area is 108 Å². The van der Waals surface area contributed by atoms with Gasteiger partial charge < -0.3 is 15.3 Å². The summed E-state index contributed by atoms with van der Waals surface area (Å²) in [5.74, 6) is -0.919. The van der Waals surface area contributed by atoms with Gasteiger partial charge in [0.1, 0.15) is 0 Å². The van der Waals surface area contributed by atoms with E-state index in [0.29, 0.717) is 5.70 Å². The van der Waals surface area contributed by atoms with Gasteiger partial charge in [-0.1, -0.05) is 30.3 Å². The fourth-order valence-electron chi connectivity index (χ4n) is 1.65. The molecule has 0 radical (unpaired) electrons. The summed E-state index contributed by atoms with van der Waals surface area (Å²) in [6.45, 7) is 4.24. The molecule has 0 aliphatic rings.